The van der Waals surface area contributed by atoms with E-state index in [4.69, 9.17) is 9.47 Å². The van der Waals surface area contributed by atoms with Crippen LogP contribution in [0.4, 0.5) is 0 Å². The molecule has 0 N–H and O–H groups in total. The van der Waals surface area contributed by atoms with Crippen LogP contribution in [0.25, 0.3) is 0 Å². The Labute approximate surface area is 170 Å². The van der Waals surface area contributed by atoms with Crippen molar-refractivity contribution in [2.24, 2.45) is 0 Å². The molecule has 4 rings (SSSR count). The third kappa shape index (κ3) is 4.51. The first kappa shape index (κ1) is 19.7. The number of sulfonamides is 1. The van der Waals surface area contributed by atoms with E-state index in [-0.39, 0.29) is 31.4 Å². The molecule has 1 aromatic carbocycles. The number of aromatic nitrogens is 1. The maximum atomic E-state index is 12.8. The molecule has 8 nitrogen and oxygen atoms in total. The second kappa shape index (κ2) is 8.38. The van der Waals surface area contributed by atoms with Crippen LogP contribution >= 0.6 is 0 Å². The number of fused-ring (bicyclic) bond motifs is 1. The van der Waals surface area contributed by atoms with Gasteiger partial charge in [-0.2, -0.15) is 4.31 Å². The minimum atomic E-state index is -3.40. The van der Waals surface area contributed by atoms with Crippen LogP contribution in [-0.4, -0.2) is 73.2 Å². The first-order valence-corrected chi connectivity index (χ1v) is 11.2. The van der Waals surface area contributed by atoms with Crippen molar-refractivity contribution in [3.05, 3.63) is 54.4 Å². The average molecular weight is 417 g/mol. The molecule has 29 heavy (non-hydrogen) atoms. The summed E-state index contributed by atoms with van der Waals surface area (Å²) in [4.78, 5) is 18.6. The third-order valence-electron chi connectivity index (χ3n) is 5.07. The van der Waals surface area contributed by atoms with Gasteiger partial charge in [0.15, 0.2) is 11.5 Å². The smallest absolute Gasteiger partial charge is 0.267 e. The van der Waals surface area contributed by atoms with Crippen molar-refractivity contribution in [2.45, 2.75) is 12.5 Å². The van der Waals surface area contributed by atoms with E-state index in [2.05, 4.69) is 4.98 Å². The lowest BCUT2D eigenvalue weighted by Crippen LogP contribution is -2.55. The Morgan fingerprint density at radius 1 is 1.03 bits per heavy atom. The van der Waals surface area contributed by atoms with Gasteiger partial charge < -0.3 is 14.4 Å². The maximum Gasteiger partial charge on any atom is 0.267 e. The SMILES string of the molecule is O=C(C1COc2ccccc2O1)N1CCN(S(=O)(=O)CCc2ccccn2)CC1. The van der Waals surface area contributed by atoms with E-state index in [1.807, 2.05) is 24.3 Å². The zero-order valence-electron chi connectivity index (χ0n) is 15.9. The van der Waals surface area contributed by atoms with E-state index in [9.17, 15) is 13.2 Å². The molecule has 1 fully saturated rings. The molecule has 0 saturated carbocycles. The minimum absolute atomic E-state index is 0.00825. The highest BCUT2D eigenvalue weighted by molar-refractivity contribution is 7.89. The molecule has 9 heteroatoms. The highest BCUT2D eigenvalue weighted by atomic mass is 32.2. The quantitative estimate of drug-likeness (QED) is 0.719. The number of nitrogens with zero attached hydrogens (tertiary/aromatic N) is 3. The summed E-state index contributed by atoms with van der Waals surface area (Å²) < 4.78 is 38.1. The normalized spacial score (nSPS) is 19.7. The summed E-state index contributed by atoms with van der Waals surface area (Å²) in [6, 6.07) is 12.7. The number of carbonyl (C=O) groups excluding carboxylic acids is 1. The highest BCUT2D eigenvalue weighted by Gasteiger charge is 2.34. The van der Waals surface area contributed by atoms with Gasteiger partial charge in [-0.05, 0) is 24.3 Å². The first-order valence-electron chi connectivity index (χ1n) is 9.58. The Hall–Kier alpha value is -2.65. The number of benzene rings is 1. The third-order valence-corrected chi connectivity index (χ3v) is 6.94. The van der Waals surface area contributed by atoms with E-state index in [1.165, 1.54) is 4.31 Å². The highest BCUT2D eigenvalue weighted by Crippen LogP contribution is 2.31. The number of para-hydroxylation sites is 2. The fourth-order valence-corrected chi connectivity index (χ4v) is 4.89. The Bertz CT molecular complexity index is 959. The van der Waals surface area contributed by atoms with Gasteiger partial charge in [0.25, 0.3) is 5.91 Å². The first-order chi connectivity index (χ1) is 14.0. The molecule has 0 bridgehead atoms. The Kier molecular flexibility index (Phi) is 5.68. The molecule has 1 saturated heterocycles. The van der Waals surface area contributed by atoms with Crippen molar-refractivity contribution in [1.29, 1.82) is 0 Å². The van der Waals surface area contributed by atoms with Crippen molar-refractivity contribution in [1.82, 2.24) is 14.2 Å². The number of piperazine rings is 1. The number of hydrogen-bond donors (Lipinski definition) is 0. The lowest BCUT2D eigenvalue weighted by atomic mass is 10.2. The van der Waals surface area contributed by atoms with Crippen molar-refractivity contribution in [2.75, 3.05) is 38.5 Å². The van der Waals surface area contributed by atoms with E-state index >= 15 is 0 Å². The van der Waals surface area contributed by atoms with Gasteiger partial charge in [-0.25, -0.2) is 8.42 Å². The standard InChI is InChI=1S/C20H23N3O5S/c24-20(19-15-27-17-6-1-2-7-18(17)28-19)22-10-12-23(13-11-22)29(25,26)14-8-16-5-3-4-9-21-16/h1-7,9,19H,8,10-15H2. The molecule has 2 aromatic rings. The molecular weight excluding hydrogens is 394 g/mol. The molecule has 1 atom stereocenters. The number of rotatable bonds is 5. The molecule has 1 aromatic heterocycles. The predicted octanol–water partition coefficient (Wildman–Crippen LogP) is 0.938. The van der Waals surface area contributed by atoms with Crippen LogP contribution in [0, 0.1) is 0 Å². The molecule has 2 aliphatic rings. The molecule has 0 radical (unpaired) electrons. The van der Waals surface area contributed by atoms with Crippen LogP contribution in [-0.2, 0) is 21.2 Å². The zero-order valence-corrected chi connectivity index (χ0v) is 16.8. The van der Waals surface area contributed by atoms with Crippen LogP contribution in [0.1, 0.15) is 5.69 Å². The fraction of sp³-hybridized carbons (Fsp3) is 0.400. The largest absolute Gasteiger partial charge is 0.485 e. The lowest BCUT2D eigenvalue weighted by molar-refractivity contribution is -0.142. The summed E-state index contributed by atoms with van der Waals surface area (Å²) in [5.74, 6) is 1.01. The molecule has 3 heterocycles. The monoisotopic (exact) mass is 417 g/mol. The van der Waals surface area contributed by atoms with Gasteiger partial charge in [0.05, 0.1) is 5.75 Å². The molecule has 2 aliphatic heterocycles. The zero-order chi connectivity index (χ0) is 20.3. The van der Waals surface area contributed by atoms with Crippen molar-refractivity contribution >= 4 is 15.9 Å². The van der Waals surface area contributed by atoms with Crippen molar-refractivity contribution in [3.63, 3.8) is 0 Å². The lowest BCUT2D eigenvalue weighted by Gasteiger charge is -2.36. The minimum Gasteiger partial charge on any atom is -0.485 e. The summed E-state index contributed by atoms with van der Waals surface area (Å²) in [5.41, 5.74) is 0.750. The molecular formula is C20H23N3O5S. The van der Waals surface area contributed by atoms with Gasteiger partial charge in [0.1, 0.15) is 6.61 Å². The molecule has 0 aliphatic carbocycles. The van der Waals surface area contributed by atoms with Gasteiger partial charge in [-0.1, -0.05) is 18.2 Å². The van der Waals surface area contributed by atoms with E-state index < -0.39 is 16.1 Å². The summed E-state index contributed by atoms with van der Waals surface area (Å²) in [7, 11) is -3.40. The van der Waals surface area contributed by atoms with Gasteiger partial charge in [-0.15, -0.1) is 0 Å². The number of hydrogen-bond acceptors (Lipinski definition) is 6. The molecule has 1 unspecified atom stereocenters. The summed E-state index contributed by atoms with van der Waals surface area (Å²) in [6.07, 6.45) is 1.31. The Morgan fingerprint density at radius 3 is 2.48 bits per heavy atom. The van der Waals surface area contributed by atoms with Crippen LogP contribution < -0.4 is 9.47 Å². The maximum absolute atomic E-state index is 12.8. The number of pyridine rings is 1. The van der Waals surface area contributed by atoms with Gasteiger partial charge >= 0.3 is 0 Å². The van der Waals surface area contributed by atoms with Gasteiger partial charge in [-0.3, -0.25) is 9.78 Å². The molecule has 1 amide bonds. The van der Waals surface area contributed by atoms with Crippen molar-refractivity contribution in [3.8, 4) is 11.5 Å². The van der Waals surface area contributed by atoms with Crippen LogP contribution in [0.3, 0.4) is 0 Å². The summed E-state index contributed by atoms with van der Waals surface area (Å²) >= 11 is 0. The van der Waals surface area contributed by atoms with Gasteiger partial charge in [0, 0.05) is 44.5 Å². The fourth-order valence-electron chi connectivity index (χ4n) is 3.44. The number of ether oxygens (including phenoxy) is 2. The van der Waals surface area contributed by atoms with E-state index in [1.54, 1.807) is 29.3 Å². The molecule has 0 spiro atoms. The Morgan fingerprint density at radius 2 is 1.76 bits per heavy atom. The molecule has 154 valence electrons. The van der Waals surface area contributed by atoms with E-state index in [0.29, 0.717) is 31.0 Å². The van der Waals surface area contributed by atoms with Crippen LogP contribution in [0.5, 0.6) is 11.5 Å². The van der Waals surface area contributed by atoms with Crippen molar-refractivity contribution < 1.29 is 22.7 Å². The second-order valence-corrected chi connectivity index (χ2v) is 9.06. The number of carbonyl (C=O) groups is 1. The summed E-state index contributed by atoms with van der Waals surface area (Å²) in [5, 5.41) is 0. The Balaban J connectivity index is 1.30. The number of aryl methyl sites for hydroxylation is 1. The average Bonchev–Trinajstić information content (AvgIpc) is 2.78. The number of amides is 1. The topological polar surface area (TPSA) is 89.0 Å². The van der Waals surface area contributed by atoms with Gasteiger partial charge in [0.2, 0.25) is 16.1 Å². The van der Waals surface area contributed by atoms with E-state index in [0.717, 1.165) is 5.69 Å². The van der Waals surface area contributed by atoms with Crippen LogP contribution in [0.15, 0.2) is 48.7 Å². The second-order valence-electron chi connectivity index (χ2n) is 6.98. The predicted molar refractivity (Wildman–Crippen MR) is 106 cm³/mol. The van der Waals surface area contributed by atoms with Crippen LogP contribution in [0.2, 0.25) is 0 Å². The summed E-state index contributed by atoms with van der Waals surface area (Å²) in [6.45, 7) is 1.38.